The van der Waals surface area contributed by atoms with Crippen LogP contribution in [0.4, 0.5) is 0 Å². The molecule has 0 saturated heterocycles. The minimum absolute atomic E-state index is 0.0887. The molecule has 0 heterocycles. The van der Waals surface area contributed by atoms with Crippen LogP contribution in [0.5, 0.6) is 0 Å². The van der Waals surface area contributed by atoms with Gasteiger partial charge in [0.05, 0.1) is 0 Å². The number of aliphatic hydroxyl groups excluding tert-OH is 1. The highest BCUT2D eigenvalue weighted by Crippen LogP contribution is 2.52. The standard InChI is InChI=1S/C20H20O3/c1-20(11-21)8-2-3-13-14-10-16-15(18(22)6-7-19(16)23)9-12(14)4-5-17(13)20/h4-7,9-10,13,17,21H,2-3,8,11H2,1H3/t13-,17-,20-/m1/s1. The summed E-state index contributed by atoms with van der Waals surface area (Å²) in [6.45, 7) is 2.33. The first-order valence-corrected chi connectivity index (χ1v) is 8.27. The van der Waals surface area contributed by atoms with Crippen LogP contribution in [-0.4, -0.2) is 23.3 Å². The van der Waals surface area contributed by atoms with Crippen molar-refractivity contribution >= 4 is 17.6 Å². The number of fused-ring (bicyclic) bond motifs is 4. The van der Waals surface area contributed by atoms with Crippen LogP contribution in [0.25, 0.3) is 6.08 Å². The van der Waals surface area contributed by atoms with Gasteiger partial charge in [0, 0.05) is 17.7 Å². The van der Waals surface area contributed by atoms with E-state index in [0.717, 1.165) is 30.4 Å². The Morgan fingerprint density at radius 2 is 1.83 bits per heavy atom. The number of aliphatic hydroxyl groups is 1. The molecule has 23 heavy (non-hydrogen) atoms. The van der Waals surface area contributed by atoms with Gasteiger partial charge in [-0.25, -0.2) is 0 Å². The van der Waals surface area contributed by atoms with Gasteiger partial charge in [-0.05, 0) is 65.5 Å². The van der Waals surface area contributed by atoms with Gasteiger partial charge in [0.15, 0.2) is 11.6 Å². The van der Waals surface area contributed by atoms with Gasteiger partial charge in [0.2, 0.25) is 0 Å². The summed E-state index contributed by atoms with van der Waals surface area (Å²) in [6, 6.07) is 3.80. The van der Waals surface area contributed by atoms with Gasteiger partial charge >= 0.3 is 0 Å². The third-order valence-corrected chi connectivity index (χ3v) is 5.89. The number of allylic oxidation sites excluding steroid dienone is 3. The van der Waals surface area contributed by atoms with Crippen molar-refractivity contribution in [2.75, 3.05) is 6.61 Å². The van der Waals surface area contributed by atoms with Crippen LogP contribution in [0.3, 0.4) is 0 Å². The van der Waals surface area contributed by atoms with Gasteiger partial charge in [-0.1, -0.05) is 25.5 Å². The Bertz CT molecular complexity index is 771. The quantitative estimate of drug-likeness (QED) is 0.863. The van der Waals surface area contributed by atoms with Gasteiger partial charge in [-0.15, -0.1) is 0 Å². The van der Waals surface area contributed by atoms with Crippen molar-refractivity contribution in [3.8, 4) is 0 Å². The summed E-state index contributed by atoms with van der Waals surface area (Å²) in [5.74, 6) is 0.424. The molecule has 1 N–H and O–H groups in total. The molecule has 3 nitrogen and oxygen atoms in total. The molecule has 3 heteroatoms. The molecule has 3 aliphatic carbocycles. The van der Waals surface area contributed by atoms with Crippen molar-refractivity contribution in [3.05, 3.63) is 52.6 Å². The van der Waals surface area contributed by atoms with Crippen LogP contribution in [-0.2, 0) is 0 Å². The highest BCUT2D eigenvalue weighted by molar-refractivity contribution is 6.22. The zero-order valence-corrected chi connectivity index (χ0v) is 13.2. The van der Waals surface area contributed by atoms with E-state index >= 15 is 0 Å². The van der Waals surface area contributed by atoms with Crippen molar-refractivity contribution in [2.45, 2.75) is 32.1 Å². The fraction of sp³-hybridized carbons (Fsp3) is 0.400. The van der Waals surface area contributed by atoms with Crippen LogP contribution in [0.1, 0.15) is 63.9 Å². The number of carbonyl (C=O) groups is 2. The number of hydrogen-bond donors (Lipinski definition) is 1. The molecule has 0 bridgehead atoms. The third-order valence-electron chi connectivity index (χ3n) is 5.89. The van der Waals surface area contributed by atoms with E-state index < -0.39 is 0 Å². The zero-order chi connectivity index (χ0) is 16.2. The maximum absolute atomic E-state index is 12.2. The van der Waals surface area contributed by atoms with Crippen molar-refractivity contribution in [1.82, 2.24) is 0 Å². The highest BCUT2D eigenvalue weighted by atomic mass is 16.3. The Balaban J connectivity index is 1.85. The normalized spacial score (nSPS) is 31.6. The number of benzene rings is 1. The topological polar surface area (TPSA) is 54.4 Å². The summed E-state index contributed by atoms with van der Waals surface area (Å²) in [6.07, 6.45) is 10.1. The Labute approximate surface area is 135 Å². The Morgan fingerprint density at radius 3 is 2.52 bits per heavy atom. The van der Waals surface area contributed by atoms with Gasteiger partial charge in [0.1, 0.15) is 0 Å². The maximum Gasteiger partial charge on any atom is 0.186 e. The highest BCUT2D eigenvalue weighted by Gasteiger charge is 2.43. The fourth-order valence-electron chi connectivity index (χ4n) is 4.50. The molecule has 0 unspecified atom stereocenters. The van der Waals surface area contributed by atoms with E-state index in [9.17, 15) is 14.7 Å². The van der Waals surface area contributed by atoms with E-state index in [1.165, 1.54) is 12.2 Å². The van der Waals surface area contributed by atoms with Crippen LogP contribution >= 0.6 is 0 Å². The van der Waals surface area contributed by atoms with Gasteiger partial charge in [0.25, 0.3) is 0 Å². The largest absolute Gasteiger partial charge is 0.396 e. The van der Waals surface area contributed by atoms with Gasteiger partial charge in [-0.2, -0.15) is 0 Å². The first-order chi connectivity index (χ1) is 11.0. The molecular formula is C20H20O3. The van der Waals surface area contributed by atoms with E-state index in [4.69, 9.17) is 0 Å². The summed E-state index contributed by atoms with van der Waals surface area (Å²) in [5.41, 5.74) is 3.14. The van der Waals surface area contributed by atoms with Crippen molar-refractivity contribution in [2.24, 2.45) is 11.3 Å². The van der Waals surface area contributed by atoms with Crippen LogP contribution in [0, 0.1) is 11.3 Å². The molecule has 0 amide bonds. The molecule has 3 atom stereocenters. The summed E-state index contributed by atoms with van der Waals surface area (Å²) in [7, 11) is 0. The lowest BCUT2D eigenvalue weighted by Crippen LogP contribution is -2.39. The SMILES string of the molecule is C[C@]1(CO)CCC[C@@H]2c3cc4c(cc3C=C[C@H]21)C(=O)C=CC4=O. The van der Waals surface area contributed by atoms with Gasteiger partial charge < -0.3 is 5.11 Å². The third kappa shape index (κ3) is 2.07. The van der Waals surface area contributed by atoms with Gasteiger partial charge in [-0.3, -0.25) is 9.59 Å². The minimum atomic E-state index is -0.104. The molecular weight excluding hydrogens is 288 g/mol. The number of rotatable bonds is 1. The average Bonchev–Trinajstić information content (AvgIpc) is 2.57. The Hall–Kier alpha value is -2.00. The molecule has 1 aromatic rings. The second-order valence-electron chi connectivity index (χ2n) is 7.28. The number of carbonyl (C=O) groups excluding carboxylic acids is 2. The molecule has 0 radical (unpaired) electrons. The maximum atomic E-state index is 12.2. The molecule has 0 aliphatic heterocycles. The molecule has 3 aliphatic rings. The lowest BCUT2D eigenvalue weighted by Gasteiger charge is -2.46. The Morgan fingerprint density at radius 1 is 1.13 bits per heavy atom. The fourth-order valence-corrected chi connectivity index (χ4v) is 4.50. The smallest absolute Gasteiger partial charge is 0.186 e. The zero-order valence-electron chi connectivity index (χ0n) is 13.2. The molecule has 1 fully saturated rings. The molecule has 118 valence electrons. The molecule has 4 rings (SSSR count). The molecule has 0 aromatic heterocycles. The molecule has 1 saturated carbocycles. The predicted molar refractivity (Wildman–Crippen MR) is 88.6 cm³/mol. The van der Waals surface area contributed by atoms with E-state index in [2.05, 4.69) is 19.1 Å². The monoisotopic (exact) mass is 308 g/mol. The van der Waals surface area contributed by atoms with Crippen LogP contribution in [0.15, 0.2) is 30.4 Å². The summed E-state index contributed by atoms with van der Waals surface area (Å²) >= 11 is 0. The summed E-state index contributed by atoms with van der Waals surface area (Å²) < 4.78 is 0. The minimum Gasteiger partial charge on any atom is -0.396 e. The van der Waals surface area contributed by atoms with Crippen LogP contribution in [0.2, 0.25) is 0 Å². The van der Waals surface area contributed by atoms with Crippen LogP contribution < -0.4 is 0 Å². The first kappa shape index (κ1) is 14.6. The second-order valence-corrected chi connectivity index (χ2v) is 7.28. The number of ketones is 2. The second kappa shape index (κ2) is 5.00. The lowest BCUT2D eigenvalue weighted by atomic mass is 9.59. The van der Waals surface area contributed by atoms with E-state index in [-0.39, 0.29) is 29.5 Å². The lowest BCUT2D eigenvalue weighted by molar-refractivity contribution is 0.0498. The summed E-state index contributed by atoms with van der Waals surface area (Å²) in [4.78, 5) is 24.2. The average molecular weight is 308 g/mol. The first-order valence-electron chi connectivity index (χ1n) is 8.27. The van der Waals surface area contributed by atoms with E-state index in [1.54, 1.807) is 0 Å². The predicted octanol–water partition coefficient (Wildman–Crippen LogP) is 3.53. The number of hydrogen-bond acceptors (Lipinski definition) is 3. The Kier molecular flexibility index (Phi) is 3.17. The van der Waals surface area contributed by atoms with E-state index in [0.29, 0.717) is 17.0 Å². The van der Waals surface area contributed by atoms with Crippen molar-refractivity contribution < 1.29 is 14.7 Å². The van der Waals surface area contributed by atoms with Crippen molar-refractivity contribution in [3.63, 3.8) is 0 Å². The molecule has 1 aromatic carbocycles. The van der Waals surface area contributed by atoms with Crippen molar-refractivity contribution in [1.29, 1.82) is 0 Å². The summed E-state index contributed by atoms with van der Waals surface area (Å²) in [5, 5.41) is 9.86. The van der Waals surface area contributed by atoms with E-state index in [1.807, 2.05) is 12.1 Å². The molecule has 0 spiro atoms.